The molecule has 1 aromatic carbocycles. The lowest BCUT2D eigenvalue weighted by molar-refractivity contribution is -0.282. The fourth-order valence-corrected chi connectivity index (χ4v) is 14.4. The average Bonchev–Trinajstić information content (AvgIpc) is 3.51. The second-order valence-electron chi connectivity index (χ2n) is 21.2. The fraction of sp³-hybridized carbons (Fsp3) is 0.771. The third-order valence-corrected chi connectivity index (χ3v) is 17.2. The number of hydrogen-bond acceptors (Lipinski definition) is 6. The second-order valence-corrected chi connectivity index (χ2v) is 21.2. The normalized spacial score (nSPS) is 38.6. The van der Waals surface area contributed by atoms with Gasteiger partial charge in [-0.1, -0.05) is 77.1 Å². The molecule has 306 valence electrons. The van der Waals surface area contributed by atoms with E-state index >= 15 is 0 Å². The summed E-state index contributed by atoms with van der Waals surface area (Å²) < 4.78 is 5.65. The van der Waals surface area contributed by atoms with Crippen molar-refractivity contribution in [2.24, 2.45) is 51.2 Å². The Hall–Kier alpha value is -2.19. The molecule has 55 heavy (non-hydrogen) atoms. The number of amides is 1. The Morgan fingerprint density at radius 3 is 2.25 bits per heavy atom. The Balaban J connectivity index is 1.07. The number of piperazine rings is 1. The Bertz CT molecular complexity index is 1610. The van der Waals surface area contributed by atoms with Crippen molar-refractivity contribution >= 4 is 11.7 Å². The summed E-state index contributed by atoms with van der Waals surface area (Å²) in [5, 5.41) is 4.32. The van der Waals surface area contributed by atoms with Gasteiger partial charge in [-0.25, -0.2) is 14.6 Å². The van der Waals surface area contributed by atoms with E-state index in [4.69, 9.17) is 14.5 Å². The number of benzene rings is 1. The van der Waals surface area contributed by atoms with E-state index in [0.717, 1.165) is 56.7 Å². The first-order chi connectivity index (χ1) is 25.9. The highest BCUT2D eigenvalue weighted by Crippen LogP contribution is 2.76. The monoisotopic (exact) mass is 758 g/mol. The maximum Gasteiger partial charge on any atom is 0.410 e. The maximum absolute atomic E-state index is 12.7. The van der Waals surface area contributed by atoms with Crippen molar-refractivity contribution < 1.29 is 19.3 Å². The van der Waals surface area contributed by atoms with Gasteiger partial charge in [0, 0.05) is 44.8 Å². The van der Waals surface area contributed by atoms with Gasteiger partial charge in [-0.2, -0.15) is 0 Å². The topological polar surface area (TPSA) is 63.3 Å². The van der Waals surface area contributed by atoms with Crippen LogP contribution in [0.15, 0.2) is 42.5 Å². The minimum Gasteiger partial charge on any atom is -0.444 e. The number of nitrogens with one attached hydrogen (secondary N) is 1. The number of carbonyl (C=O) groups is 1. The fourth-order valence-electron chi connectivity index (χ4n) is 14.4. The molecule has 6 aliphatic rings. The van der Waals surface area contributed by atoms with Crippen LogP contribution in [-0.4, -0.2) is 73.4 Å². The van der Waals surface area contributed by atoms with Crippen LogP contribution in [0.2, 0.25) is 0 Å². The van der Waals surface area contributed by atoms with Gasteiger partial charge in [0.25, 0.3) is 0 Å². The van der Waals surface area contributed by atoms with Gasteiger partial charge in [0.05, 0.1) is 7.11 Å². The van der Waals surface area contributed by atoms with Gasteiger partial charge in [-0.15, -0.1) is 0 Å². The van der Waals surface area contributed by atoms with Crippen LogP contribution in [0.3, 0.4) is 0 Å². The molecule has 5 aliphatic carbocycles. The third-order valence-electron chi connectivity index (χ3n) is 17.2. The molecule has 9 atom stereocenters. The molecular weight excluding hydrogens is 683 g/mol. The number of fused-ring (bicyclic) bond motifs is 7. The van der Waals surface area contributed by atoms with Crippen LogP contribution in [0.25, 0.3) is 5.57 Å². The van der Waals surface area contributed by atoms with E-state index in [1.165, 1.54) is 74.5 Å². The van der Waals surface area contributed by atoms with E-state index < -0.39 is 5.60 Å². The minimum atomic E-state index is -0.454. The molecule has 1 aliphatic heterocycles. The Labute approximate surface area is 334 Å². The zero-order chi connectivity index (χ0) is 39.6. The summed E-state index contributed by atoms with van der Waals surface area (Å²) in [7, 11) is 1.57. The zero-order valence-electron chi connectivity index (χ0n) is 36.3. The zero-order valence-corrected chi connectivity index (χ0v) is 36.3. The highest BCUT2D eigenvalue weighted by Gasteiger charge is 2.70. The molecule has 0 radical (unpaired) electrons. The largest absolute Gasteiger partial charge is 0.444 e. The van der Waals surface area contributed by atoms with Gasteiger partial charge in [0.15, 0.2) is 0 Å². The Morgan fingerprint density at radius 2 is 1.60 bits per heavy atom. The molecule has 1 aromatic rings. The summed E-state index contributed by atoms with van der Waals surface area (Å²) in [4.78, 5) is 27.2. The van der Waals surface area contributed by atoms with Gasteiger partial charge in [0.1, 0.15) is 12.2 Å². The van der Waals surface area contributed by atoms with Crippen LogP contribution in [0.1, 0.15) is 131 Å². The first kappa shape index (κ1) is 41.0. The predicted octanol–water partition coefficient (Wildman–Crippen LogP) is 10.3. The van der Waals surface area contributed by atoms with Crippen LogP contribution < -0.4 is 5.32 Å². The standard InChI is InChI=1S/C48H75N3O4/c1-33(2)36-18-23-48(49-26-27-50-28-30-51(31-29-50)42(52)55-43(3,4)5)25-24-46(9)38(41(36)48)16-17-40-45(8)21-19-37(35-14-12-34(13-15-35)32-54-53-11)44(6,7)39(45)20-22-47(40,46)10/h12-15,19,36,38-41,49H,1,16-18,20-32H2,2-11H3/t36-,38+,39?,40?,41?,45-,46+,47+,48-/m0/s1. The smallest absolute Gasteiger partial charge is 0.410 e. The SMILES string of the molecule is C=C(C)[C@@H]1CC[C@]2(NCCN3CCN(C(=O)OC(C)(C)C)CC3)CC[C@]3(C)[C@H](CCC4[C@@]5(C)CC=C(c6ccc(COOC)cc6)C(C)(C)C5CC[C@]43C)C12. The van der Waals surface area contributed by atoms with Crippen molar-refractivity contribution in [1.29, 1.82) is 0 Å². The second kappa shape index (κ2) is 14.9. The molecule has 7 rings (SSSR count). The van der Waals surface area contributed by atoms with Crippen LogP contribution in [0.4, 0.5) is 4.79 Å². The van der Waals surface area contributed by atoms with Crippen LogP contribution >= 0.6 is 0 Å². The molecule has 3 unspecified atom stereocenters. The van der Waals surface area contributed by atoms with E-state index in [0.29, 0.717) is 40.6 Å². The number of rotatable bonds is 9. The number of ether oxygens (including phenoxy) is 1. The highest BCUT2D eigenvalue weighted by atomic mass is 17.2. The highest BCUT2D eigenvalue weighted by molar-refractivity contribution is 5.72. The summed E-state index contributed by atoms with van der Waals surface area (Å²) >= 11 is 0. The number of allylic oxidation sites excluding steroid dienone is 3. The third kappa shape index (κ3) is 7.07. The molecule has 0 aromatic heterocycles. The molecule has 7 nitrogen and oxygen atoms in total. The first-order valence-corrected chi connectivity index (χ1v) is 21.9. The Kier molecular flexibility index (Phi) is 11.1. The van der Waals surface area contributed by atoms with Gasteiger partial charge < -0.3 is 15.0 Å². The summed E-state index contributed by atoms with van der Waals surface area (Å²) in [5.41, 5.74) is 6.25. The molecule has 1 N–H and O–H groups in total. The van der Waals surface area contributed by atoms with Crippen molar-refractivity contribution in [3.05, 3.63) is 53.6 Å². The molecule has 1 saturated heterocycles. The summed E-state index contributed by atoms with van der Waals surface area (Å²) in [6.45, 7) is 32.0. The predicted molar refractivity (Wildman–Crippen MR) is 223 cm³/mol. The summed E-state index contributed by atoms with van der Waals surface area (Å²) in [6.07, 6.45) is 14.2. The first-order valence-electron chi connectivity index (χ1n) is 21.9. The minimum absolute atomic E-state index is 0.112. The molecule has 4 saturated carbocycles. The van der Waals surface area contributed by atoms with Crippen LogP contribution in [-0.2, 0) is 21.1 Å². The molecule has 0 bridgehead atoms. The van der Waals surface area contributed by atoms with Gasteiger partial charge in [0.2, 0.25) is 0 Å². The van der Waals surface area contributed by atoms with E-state index in [1.54, 1.807) is 7.11 Å². The van der Waals surface area contributed by atoms with Crippen molar-refractivity contribution in [1.82, 2.24) is 15.1 Å². The molecule has 1 amide bonds. The summed E-state index contributed by atoms with van der Waals surface area (Å²) in [6, 6.07) is 9.01. The maximum atomic E-state index is 12.7. The van der Waals surface area contributed by atoms with Crippen molar-refractivity contribution in [2.75, 3.05) is 46.4 Å². The lowest BCUT2D eigenvalue weighted by Crippen LogP contribution is -2.68. The molecule has 1 heterocycles. The summed E-state index contributed by atoms with van der Waals surface area (Å²) in [5.74, 6) is 3.38. The van der Waals surface area contributed by atoms with Crippen LogP contribution in [0, 0.1) is 51.2 Å². The van der Waals surface area contributed by atoms with E-state index in [1.807, 2.05) is 25.7 Å². The number of nitrogens with zero attached hydrogens (tertiary/aromatic N) is 2. The van der Waals surface area contributed by atoms with Crippen LogP contribution in [0.5, 0.6) is 0 Å². The van der Waals surface area contributed by atoms with Gasteiger partial charge in [-0.3, -0.25) is 4.90 Å². The quantitative estimate of drug-likeness (QED) is 0.154. The lowest BCUT2D eigenvalue weighted by atomic mass is 9.33. The lowest BCUT2D eigenvalue weighted by Gasteiger charge is -2.72. The van der Waals surface area contributed by atoms with Crippen molar-refractivity contribution in [3.63, 3.8) is 0 Å². The molecule has 5 fully saturated rings. The van der Waals surface area contributed by atoms with E-state index in [9.17, 15) is 4.79 Å². The molecule has 0 spiro atoms. The van der Waals surface area contributed by atoms with Gasteiger partial charge >= 0.3 is 6.09 Å². The Morgan fingerprint density at radius 1 is 0.891 bits per heavy atom. The number of carbonyl (C=O) groups excluding carboxylic acids is 1. The number of hydrogen-bond donors (Lipinski definition) is 1. The molecule has 7 heteroatoms. The van der Waals surface area contributed by atoms with Crippen molar-refractivity contribution in [2.45, 2.75) is 138 Å². The van der Waals surface area contributed by atoms with E-state index in [-0.39, 0.29) is 17.0 Å². The molecular formula is C48H75N3O4. The van der Waals surface area contributed by atoms with Crippen molar-refractivity contribution in [3.8, 4) is 0 Å². The average molecular weight is 758 g/mol. The van der Waals surface area contributed by atoms with Gasteiger partial charge in [-0.05, 0) is 153 Å². The van der Waals surface area contributed by atoms with E-state index in [2.05, 4.69) is 88.7 Å².